The van der Waals surface area contributed by atoms with Gasteiger partial charge in [-0.1, -0.05) is 26.0 Å². The molecule has 2 aromatic rings. The van der Waals surface area contributed by atoms with Crippen molar-refractivity contribution in [1.29, 1.82) is 0 Å². The van der Waals surface area contributed by atoms with Crippen molar-refractivity contribution < 1.29 is 4.84 Å². The van der Waals surface area contributed by atoms with Crippen LogP contribution in [0.25, 0.3) is 6.08 Å². The second-order valence-electron chi connectivity index (χ2n) is 8.92. The number of pyridine rings is 2. The molecule has 0 saturated carbocycles. The third-order valence-corrected chi connectivity index (χ3v) is 5.48. The fourth-order valence-corrected chi connectivity index (χ4v) is 4.01. The lowest BCUT2D eigenvalue weighted by Crippen LogP contribution is -2.58. The van der Waals surface area contributed by atoms with Crippen molar-refractivity contribution in [2.24, 2.45) is 0 Å². The van der Waals surface area contributed by atoms with Gasteiger partial charge in [-0.2, -0.15) is 5.06 Å². The van der Waals surface area contributed by atoms with Gasteiger partial charge in [0.1, 0.15) is 6.10 Å². The van der Waals surface area contributed by atoms with Crippen molar-refractivity contribution in [1.82, 2.24) is 15.0 Å². The summed E-state index contributed by atoms with van der Waals surface area (Å²) in [6.45, 7) is 15.0. The Bertz CT molecular complexity index is 712. The molecule has 0 bridgehead atoms. The van der Waals surface area contributed by atoms with Crippen molar-refractivity contribution in [3.8, 4) is 0 Å². The topological polar surface area (TPSA) is 38.2 Å². The molecule has 1 unspecified atom stereocenters. The van der Waals surface area contributed by atoms with Crippen LogP contribution < -0.4 is 0 Å². The van der Waals surface area contributed by atoms with Gasteiger partial charge in [-0.3, -0.25) is 14.8 Å². The van der Waals surface area contributed by atoms with Crippen LogP contribution in [0.1, 0.15) is 84.0 Å². The predicted molar refractivity (Wildman–Crippen MR) is 121 cm³/mol. The molecule has 1 aliphatic heterocycles. The smallest absolute Gasteiger partial charge is 0.104 e. The molecule has 0 amide bonds. The van der Waals surface area contributed by atoms with Crippen LogP contribution in [0.4, 0.5) is 0 Å². The average Bonchev–Trinajstić information content (AvgIpc) is 2.71. The quantitative estimate of drug-likeness (QED) is 0.551. The van der Waals surface area contributed by atoms with E-state index < -0.39 is 0 Å². The molecular weight excluding hydrogens is 358 g/mol. The second kappa shape index (κ2) is 10.7. The summed E-state index contributed by atoms with van der Waals surface area (Å²) in [5.74, 6) is 0. The number of rotatable bonds is 6. The van der Waals surface area contributed by atoms with E-state index in [0.29, 0.717) is 0 Å². The van der Waals surface area contributed by atoms with Gasteiger partial charge in [-0.25, -0.2) is 0 Å². The third-order valence-electron chi connectivity index (χ3n) is 5.48. The van der Waals surface area contributed by atoms with Gasteiger partial charge in [0.2, 0.25) is 0 Å². The number of hydrogen-bond acceptors (Lipinski definition) is 4. The maximum atomic E-state index is 6.55. The first-order chi connectivity index (χ1) is 13.8. The highest BCUT2D eigenvalue weighted by Crippen LogP contribution is 2.41. The third kappa shape index (κ3) is 6.76. The first-order valence-electron chi connectivity index (χ1n) is 10.7. The molecule has 1 atom stereocenters. The number of aromatic nitrogens is 2. The highest BCUT2D eigenvalue weighted by molar-refractivity contribution is 5.44. The van der Waals surface area contributed by atoms with E-state index >= 15 is 0 Å². The predicted octanol–water partition coefficient (Wildman–Crippen LogP) is 6.62. The normalized spacial score (nSPS) is 18.9. The Morgan fingerprint density at radius 1 is 1.00 bits per heavy atom. The van der Waals surface area contributed by atoms with E-state index in [1.165, 1.54) is 24.8 Å². The van der Waals surface area contributed by atoms with Crippen LogP contribution in [-0.2, 0) is 4.84 Å². The maximum absolute atomic E-state index is 6.55. The highest BCUT2D eigenvalue weighted by atomic mass is 16.7. The summed E-state index contributed by atoms with van der Waals surface area (Å²) in [6, 6.07) is 7.97. The number of nitrogens with zero attached hydrogens (tertiary/aromatic N) is 3. The molecule has 29 heavy (non-hydrogen) atoms. The van der Waals surface area contributed by atoms with Gasteiger partial charge in [-0.15, -0.1) is 0 Å². The lowest BCUT2D eigenvalue weighted by atomic mass is 9.82. The zero-order valence-corrected chi connectivity index (χ0v) is 18.8. The van der Waals surface area contributed by atoms with E-state index in [-0.39, 0.29) is 17.2 Å². The van der Waals surface area contributed by atoms with Crippen molar-refractivity contribution in [2.45, 2.75) is 83.9 Å². The Labute approximate surface area is 177 Å². The SMILES string of the molecule is C=Cc1ccncc1.CCCC(ON1C(C)(C)CCCC1(C)C)c1ccncc1. The minimum Gasteiger partial charge on any atom is -0.290 e. The van der Waals surface area contributed by atoms with E-state index in [1.54, 1.807) is 18.5 Å². The van der Waals surface area contributed by atoms with E-state index in [4.69, 9.17) is 4.84 Å². The molecule has 3 rings (SSSR count). The van der Waals surface area contributed by atoms with E-state index in [1.807, 2.05) is 24.5 Å². The first kappa shape index (κ1) is 23.2. The summed E-state index contributed by atoms with van der Waals surface area (Å²) >= 11 is 0. The van der Waals surface area contributed by atoms with Crippen molar-refractivity contribution in [3.63, 3.8) is 0 Å². The molecule has 4 heteroatoms. The van der Waals surface area contributed by atoms with Gasteiger partial charge >= 0.3 is 0 Å². The summed E-state index contributed by atoms with van der Waals surface area (Å²) < 4.78 is 0. The number of hydrogen-bond donors (Lipinski definition) is 0. The minimum absolute atomic E-state index is 0.0841. The molecule has 1 fully saturated rings. The molecular formula is C25H37N3O. The molecule has 4 nitrogen and oxygen atoms in total. The van der Waals surface area contributed by atoms with E-state index in [0.717, 1.165) is 18.4 Å². The van der Waals surface area contributed by atoms with E-state index in [9.17, 15) is 0 Å². The molecule has 0 spiro atoms. The van der Waals surface area contributed by atoms with Crippen LogP contribution >= 0.6 is 0 Å². The zero-order valence-electron chi connectivity index (χ0n) is 18.8. The van der Waals surface area contributed by atoms with Gasteiger partial charge in [0, 0.05) is 35.9 Å². The van der Waals surface area contributed by atoms with Gasteiger partial charge in [0.25, 0.3) is 0 Å². The van der Waals surface area contributed by atoms with Gasteiger partial charge in [0.05, 0.1) is 0 Å². The molecule has 0 aromatic carbocycles. The molecule has 158 valence electrons. The minimum atomic E-state index is 0.0841. The average molecular weight is 396 g/mol. The van der Waals surface area contributed by atoms with Gasteiger partial charge in [-0.05, 0) is 88.8 Å². The van der Waals surface area contributed by atoms with Crippen LogP contribution in [0.2, 0.25) is 0 Å². The molecule has 3 heterocycles. The van der Waals surface area contributed by atoms with Gasteiger partial charge in [0.15, 0.2) is 0 Å². The number of piperidine rings is 1. The van der Waals surface area contributed by atoms with Crippen molar-refractivity contribution >= 4 is 6.08 Å². The maximum Gasteiger partial charge on any atom is 0.104 e. The van der Waals surface area contributed by atoms with Crippen LogP contribution in [0.5, 0.6) is 0 Å². The first-order valence-corrected chi connectivity index (χ1v) is 10.7. The van der Waals surface area contributed by atoms with Crippen LogP contribution in [0, 0.1) is 0 Å². The lowest BCUT2D eigenvalue weighted by molar-refractivity contribution is -0.308. The van der Waals surface area contributed by atoms with Crippen molar-refractivity contribution in [2.75, 3.05) is 0 Å². The van der Waals surface area contributed by atoms with Crippen molar-refractivity contribution in [3.05, 3.63) is 66.8 Å². The van der Waals surface area contributed by atoms with Crippen LogP contribution in [0.3, 0.4) is 0 Å². The summed E-state index contributed by atoms with van der Waals surface area (Å²) in [5.41, 5.74) is 2.51. The standard InChI is InChI=1S/C18H30N2O.C7H7N/c1-6-8-16(15-9-13-19-14-10-15)21-20-17(2,3)11-7-12-18(20,4)5;1-2-7-3-5-8-6-4-7/h9-10,13-14,16H,6-8,11-12H2,1-5H3;2-6H,1H2. The van der Waals surface area contributed by atoms with Crippen LogP contribution in [-0.4, -0.2) is 26.1 Å². The fraction of sp³-hybridized carbons (Fsp3) is 0.520. The number of hydroxylamine groups is 2. The second-order valence-corrected chi connectivity index (χ2v) is 8.92. The van der Waals surface area contributed by atoms with Crippen LogP contribution in [0.15, 0.2) is 55.6 Å². The molecule has 2 aromatic heterocycles. The van der Waals surface area contributed by atoms with E-state index in [2.05, 4.69) is 68.4 Å². The molecule has 0 radical (unpaired) electrons. The zero-order chi connectivity index (χ0) is 21.3. The highest BCUT2D eigenvalue weighted by Gasteiger charge is 2.43. The Morgan fingerprint density at radius 2 is 1.52 bits per heavy atom. The Hall–Kier alpha value is -2.04. The monoisotopic (exact) mass is 395 g/mol. The Balaban J connectivity index is 0.000000313. The molecule has 1 aliphatic rings. The summed E-state index contributed by atoms with van der Waals surface area (Å²) in [4.78, 5) is 14.5. The van der Waals surface area contributed by atoms with Gasteiger partial charge < -0.3 is 0 Å². The lowest BCUT2D eigenvalue weighted by Gasteiger charge is -2.52. The molecule has 0 N–H and O–H groups in total. The summed E-state index contributed by atoms with van der Waals surface area (Å²) in [6.07, 6.45) is 14.9. The molecule has 1 saturated heterocycles. The Morgan fingerprint density at radius 3 is 1.97 bits per heavy atom. The largest absolute Gasteiger partial charge is 0.290 e. The summed E-state index contributed by atoms with van der Waals surface area (Å²) in [5, 5.41) is 2.27. The molecule has 0 aliphatic carbocycles. The Kier molecular flexibility index (Phi) is 8.54. The fourth-order valence-electron chi connectivity index (χ4n) is 4.01. The summed E-state index contributed by atoms with van der Waals surface area (Å²) in [7, 11) is 0.